The van der Waals surface area contributed by atoms with Crippen LogP contribution in [-0.4, -0.2) is 41.6 Å². The van der Waals surface area contributed by atoms with Gasteiger partial charge in [0.2, 0.25) is 5.91 Å². The molecule has 11 heteroatoms. The molecule has 2 aromatic carbocycles. The minimum atomic E-state index is -4.44. The van der Waals surface area contributed by atoms with Crippen molar-refractivity contribution in [2.75, 3.05) is 6.61 Å². The lowest BCUT2D eigenvalue weighted by Crippen LogP contribution is -2.35. The van der Waals surface area contributed by atoms with Crippen LogP contribution >= 0.6 is 0 Å². The van der Waals surface area contributed by atoms with Crippen LogP contribution in [0.4, 0.5) is 4.39 Å². The van der Waals surface area contributed by atoms with Crippen LogP contribution in [0.3, 0.4) is 0 Å². The fraction of sp³-hybridized carbons (Fsp3) is 0.190. The Balaban J connectivity index is 2.03. The number of carboxylic acid groups (broad SMARTS) is 1. The molecule has 0 aliphatic heterocycles. The number of sulfonamides is 1. The summed E-state index contributed by atoms with van der Waals surface area (Å²) in [5.41, 5.74) is 0.308. The molecule has 2 aliphatic rings. The van der Waals surface area contributed by atoms with Gasteiger partial charge in [-0.05, 0) is 24.1 Å². The first-order valence-corrected chi connectivity index (χ1v) is 11.0. The molecule has 0 radical (unpaired) electrons. The molecule has 9 nitrogen and oxygen atoms in total. The Morgan fingerprint density at radius 2 is 1.94 bits per heavy atom. The summed E-state index contributed by atoms with van der Waals surface area (Å²) in [5, 5.41) is 9.64. The SMILES string of the molecule is CCOc1ncc(C(=O)O)n1C1c2c(-c3ccccc3)cc(S(=O)(=O)NC(C)=O)c1c2F. The van der Waals surface area contributed by atoms with E-state index in [1.165, 1.54) is 6.07 Å². The Kier molecular flexibility index (Phi) is 5.21. The third-order valence-electron chi connectivity index (χ3n) is 5.02. The van der Waals surface area contributed by atoms with Crippen LogP contribution in [0.5, 0.6) is 6.01 Å². The maximum absolute atomic E-state index is 15.4. The molecule has 1 unspecified atom stereocenters. The first-order chi connectivity index (χ1) is 15.2. The molecular weight excluding hydrogens is 441 g/mol. The zero-order valence-electron chi connectivity index (χ0n) is 17.0. The Morgan fingerprint density at radius 3 is 2.53 bits per heavy atom. The molecule has 1 aromatic heterocycles. The number of benzene rings is 2. The van der Waals surface area contributed by atoms with Crippen LogP contribution in [0.2, 0.25) is 0 Å². The molecular formula is C21H18FN3O6S. The summed E-state index contributed by atoms with van der Waals surface area (Å²) in [6.07, 6.45) is 1.06. The summed E-state index contributed by atoms with van der Waals surface area (Å²) >= 11 is 0. The van der Waals surface area contributed by atoms with Crippen molar-refractivity contribution in [2.45, 2.75) is 24.8 Å². The van der Waals surface area contributed by atoms with Crippen molar-refractivity contribution in [2.24, 2.45) is 0 Å². The highest BCUT2D eigenvalue weighted by atomic mass is 32.2. The van der Waals surface area contributed by atoms with E-state index in [4.69, 9.17) is 4.74 Å². The van der Waals surface area contributed by atoms with E-state index < -0.39 is 38.7 Å². The van der Waals surface area contributed by atoms with Gasteiger partial charge in [0, 0.05) is 18.1 Å². The lowest BCUT2D eigenvalue weighted by molar-refractivity contribution is -0.117. The minimum absolute atomic E-state index is 0.0945. The highest BCUT2D eigenvalue weighted by Crippen LogP contribution is 2.51. The largest absolute Gasteiger partial charge is 0.477 e. The number of nitrogens with zero attached hydrogens (tertiary/aromatic N) is 2. The minimum Gasteiger partial charge on any atom is -0.477 e. The van der Waals surface area contributed by atoms with E-state index in [1.807, 2.05) is 4.72 Å². The van der Waals surface area contributed by atoms with Crippen molar-refractivity contribution in [3.8, 4) is 17.1 Å². The molecule has 5 rings (SSSR count). The second kappa shape index (κ2) is 7.75. The Morgan fingerprint density at radius 1 is 1.25 bits per heavy atom. The van der Waals surface area contributed by atoms with Gasteiger partial charge in [-0.3, -0.25) is 9.36 Å². The number of nitrogens with one attached hydrogen (secondary N) is 1. The van der Waals surface area contributed by atoms with Crippen LogP contribution < -0.4 is 9.46 Å². The summed E-state index contributed by atoms with van der Waals surface area (Å²) in [7, 11) is -4.44. The Labute approximate surface area is 182 Å². The van der Waals surface area contributed by atoms with Crippen LogP contribution in [-0.2, 0) is 14.8 Å². The second-order valence-corrected chi connectivity index (χ2v) is 8.68. The third kappa shape index (κ3) is 3.30. The molecule has 0 saturated heterocycles. The molecule has 2 N–H and O–H groups in total. The molecule has 0 spiro atoms. The fourth-order valence-electron chi connectivity index (χ4n) is 3.82. The predicted molar refractivity (Wildman–Crippen MR) is 110 cm³/mol. The number of hydrogen-bond donors (Lipinski definition) is 2. The average Bonchev–Trinajstić information content (AvgIpc) is 3.15. The van der Waals surface area contributed by atoms with Gasteiger partial charge in [-0.25, -0.2) is 27.3 Å². The summed E-state index contributed by atoms with van der Waals surface area (Å²) < 4.78 is 49.6. The number of carbonyl (C=O) groups excluding carboxylic acids is 1. The van der Waals surface area contributed by atoms with Gasteiger partial charge < -0.3 is 9.84 Å². The van der Waals surface area contributed by atoms with Crippen molar-refractivity contribution in [3.63, 3.8) is 0 Å². The van der Waals surface area contributed by atoms with Crippen LogP contribution in [0.25, 0.3) is 11.1 Å². The number of imidazole rings is 1. The van der Waals surface area contributed by atoms with Gasteiger partial charge in [0.05, 0.1) is 23.7 Å². The summed E-state index contributed by atoms with van der Waals surface area (Å²) in [6, 6.07) is 8.56. The topological polar surface area (TPSA) is 128 Å². The quantitative estimate of drug-likeness (QED) is 0.435. The number of carboxylic acids is 1. The van der Waals surface area contributed by atoms with Gasteiger partial charge in [-0.2, -0.15) is 0 Å². The molecule has 2 aliphatic carbocycles. The standard InChI is InChI=1S/C21H18FN3O6S/c1-3-31-21-23-10-14(20(27)28)25(21)19-16-13(12-7-5-4-6-8-12)9-15(17(19)18(16)22)32(29,30)24-11(2)26/h4-10,19H,3H2,1-2H3,(H,24,26)(H,27,28). The number of aromatic carboxylic acids is 1. The van der Waals surface area contributed by atoms with Gasteiger partial charge in [-0.1, -0.05) is 30.3 Å². The lowest BCUT2D eigenvalue weighted by Gasteiger charge is -2.36. The summed E-state index contributed by atoms with van der Waals surface area (Å²) in [4.78, 5) is 26.8. The highest BCUT2D eigenvalue weighted by Gasteiger charge is 2.45. The van der Waals surface area contributed by atoms with Crippen LogP contribution in [0, 0.1) is 5.82 Å². The number of aromatic nitrogens is 2. The van der Waals surface area contributed by atoms with E-state index in [9.17, 15) is 23.1 Å². The monoisotopic (exact) mass is 459 g/mol. The number of ether oxygens (including phenoxy) is 1. The van der Waals surface area contributed by atoms with Crippen molar-refractivity contribution in [1.82, 2.24) is 14.3 Å². The highest BCUT2D eigenvalue weighted by molar-refractivity contribution is 7.90. The number of rotatable bonds is 7. The van der Waals surface area contributed by atoms with E-state index in [-0.39, 0.29) is 35.0 Å². The average molecular weight is 459 g/mol. The smallest absolute Gasteiger partial charge is 0.354 e. The van der Waals surface area contributed by atoms with Crippen molar-refractivity contribution >= 4 is 21.9 Å². The molecule has 0 saturated carbocycles. The molecule has 32 heavy (non-hydrogen) atoms. The number of hydrogen-bond acceptors (Lipinski definition) is 6. The van der Waals surface area contributed by atoms with Crippen molar-refractivity contribution < 1.29 is 32.2 Å². The molecule has 1 atom stereocenters. The van der Waals surface area contributed by atoms with Gasteiger partial charge in [0.15, 0.2) is 5.69 Å². The summed E-state index contributed by atoms with van der Waals surface area (Å²) in [5.74, 6) is -2.98. The Bertz CT molecular complexity index is 1350. The molecule has 0 fully saturated rings. The van der Waals surface area contributed by atoms with Gasteiger partial charge >= 0.3 is 5.97 Å². The zero-order valence-corrected chi connectivity index (χ0v) is 17.8. The predicted octanol–water partition coefficient (Wildman–Crippen LogP) is 2.56. The maximum Gasteiger partial charge on any atom is 0.354 e. The van der Waals surface area contributed by atoms with Crippen molar-refractivity contribution in [3.05, 3.63) is 65.2 Å². The van der Waals surface area contributed by atoms with E-state index in [0.29, 0.717) is 5.56 Å². The number of amides is 1. The van der Waals surface area contributed by atoms with Gasteiger partial charge in [0.25, 0.3) is 16.0 Å². The van der Waals surface area contributed by atoms with Crippen LogP contribution in [0.1, 0.15) is 41.5 Å². The first kappa shape index (κ1) is 21.5. The van der Waals surface area contributed by atoms with E-state index in [0.717, 1.165) is 17.7 Å². The molecule has 2 bridgehead atoms. The summed E-state index contributed by atoms with van der Waals surface area (Å²) in [6.45, 7) is 2.85. The van der Waals surface area contributed by atoms with Gasteiger partial charge in [0.1, 0.15) is 5.82 Å². The number of fused-ring (bicyclic) bond motifs is 2. The van der Waals surface area contributed by atoms with E-state index in [1.54, 1.807) is 37.3 Å². The number of halogens is 1. The molecule has 1 amide bonds. The second-order valence-electron chi connectivity index (χ2n) is 7.03. The zero-order chi connectivity index (χ0) is 23.2. The first-order valence-electron chi connectivity index (χ1n) is 9.55. The number of carbonyl (C=O) groups is 2. The molecule has 166 valence electrons. The fourth-order valence-corrected chi connectivity index (χ4v) is 5.07. The van der Waals surface area contributed by atoms with E-state index in [2.05, 4.69) is 4.98 Å². The van der Waals surface area contributed by atoms with Crippen molar-refractivity contribution in [1.29, 1.82) is 0 Å². The lowest BCUT2D eigenvalue weighted by atomic mass is 9.79. The molecule has 1 heterocycles. The van der Waals surface area contributed by atoms with Crippen LogP contribution in [0.15, 0.2) is 47.5 Å². The maximum atomic E-state index is 15.4. The third-order valence-corrected chi connectivity index (χ3v) is 6.49. The molecule has 3 aromatic rings. The van der Waals surface area contributed by atoms with E-state index >= 15 is 4.39 Å². The normalized spacial score (nSPS) is 14.5. The Hall–Kier alpha value is -3.73. The van der Waals surface area contributed by atoms with Gasteiger partial charge in [-0.15, -0.1) is 0 Å².